The Hall–Kier alpha value is -1.91. The smallest absolute Gasteiger partial charge is 0.193 e. The molecule has 0 amide bonds. The maximum Gasteiger partial charge on any atom is 0.193 e. The summed E-state index contributed by atoms with van der Waals surface area (Å²) in [5, 5.41) is 14.3. The molecule has 0 saturated carbocycles. The van der Waals surface area contributed by atoms with Gasteiger partial charge in [-0.3, -0.25) is 0 Å². The van der Waals surface area contributed by atoms with Gasteiger partial charge in [0, 0.05) is 12.2 Å². The number of aromatic nitrogens is 4. The minimum atomic E-state index is 0.704. The SMILES string of the molecule is CCCCCCCCN(Cc1nn[nH]n1)c1ccccc1. The van der Waals surface area contributed by atoms with E-state index < -0.39 is 0 Å². The largest absolute Gasteiger partial charge is 0.364 e. The molecule has 1 aromatic carbocycles. The molecule has 0 unspecified atom stereocenters. The van der Waals surface area contributed by atoms with Gasteiger partial charge in [-0.05, 0) is 18.6 Å². The van der Waals surface area contributed by atoms with Gasteiger partial charge in [-0.25, -0.2) is 0 Å². The normalized spacial score (nSPS) is 10.7. The zero-order chi connectivity index (χ0) is 14.8. The number of benzene rings is 1. The zero-order valence-electron chi connectivity index (χ0n) is 12.8. The second kappa shape index (κ2) is 9.10. The van der Waals surface area contributed by atoms with Crippen molar-refractivity contribution in [2.45, 2.75) is 52.0 Å². The zero-order valence-corrected chi connectivity index (χ0v) is 12.8. The van der Waals surface area contributed by atoms with Crippen LogP contribution >= 0.6 is 0 Å². The van der Waals surface area contributed by atoms with Crippen LogP contribution in [0.15, 0.2) is 30.3 Å². The third-order valence-corrected chi connectivity index (χ3v) is 3.62. The van der Waals surface area contributed by atoms with Gasteiger partial charge in [0.2, 0.25) is 0 Å². The lowest BCUT2D eigenvalue weighted by molar-refractivity contribution is 0.595. The Kier molecular flexibility index (Phi) is 6.71. The second-order valence-electron chi connectivity index (χ2n) is 5.35. The fraction of sp³-hybridized carbons (Fsp3) is 0.562. The van der Waals surface area contributed by atoms with Crippen LogP contribution < -0.4 is 4.90 Å². The molecule has 5 nitrogen and oxygen atoms in total. The lowest BCUT2D eigenvalue weighted by atomic mass is 10.1. The summed E-state index contributed by atoms with van der Waals surface area (Å²) >= 11 is 0. The molecule has 5 heteroatoms. The van der Waals surface area contributed by atoms with E-state index in [4.69, 9.17) is 0 Å². The summed E-state index contributed by atoms with van der Waals surface area (Å²) in [5.41, 5.74) is 1.22. The van der Waals surface area contributed by atoms with Crippen molar-refractivity contribution in [3.63, 3.8) is 0 Å². The number of anilines is 1. The van der Waals surface area contributed by atoms with Crippen LogP contribution in [-0.2, 0) is 6.54 Å². The summed E-state index contributed by atoms with van der Waals surface area (Å²) < 4.78 is 0. The molecule has 2 rings (SSSR count). The Morgan fingerprint density at radius 1 is 1.00 bits per heavy atom. The van der Waals surface area contributed by atoms with E-state index in [-0.39, 0.29) is 0 Å². The molecule has 0 atom stereocenters. The Labute approximate surface area is 126 Å². The van der Waals surface area contributed by atoms with E-state index in [0.29, 0.717) is 6.54 Å². The summed E-state index contributed by atoms with van der Waals surface area (Å²) in [6.07, 6.45) is 7.83. The first-order valence-corrected chi connectivity index (χ1v) is 7.92. The van der Waals surface area contributed by atoms with Gasteiger partial charge >= 0.3 is 0 Å². The number of para-hydroxylation sites is 1. The molecule has 0 saturated heterocycles. The number of H-pyrrole nitrogens is 1. The van der Waals surface area contributed by atoms with E-state index >= 15 is 0 Å². The van der Waals surface area contributed by atoms with E-state index in [1.165, 1.54) is 44.2 Å². The number of unbranched alkanes of at least 4 members (excludes halogenated alkanes) is 5. The third-order valence-electron chi connectivity index (χ3n) is 3.62. The number of rotatable bonds is 10. The van der Waals surface area contributed by atoms with E-state index in [1.807, 2.05) is 6.07 Å². The Morgan fingerprint density at radius 3 is 2.48 bits per heavy atom. The van der Waals surface area contributed by atoms with Crippen molar-refractivity contribution in [1.82, 2.24) is 20.6 Å². The first-order chi connectivity index (χ1) is 10.4. The highest BCUT2D eigenvalue weighted by Crippen LogP contribution is 2.16. The first kappa shape index (κ1) is 15.5. The summed E-state index contributed by atoms with van der Waals surface area (Å²) in [5.74, 6) is 0.741. The van der Waals surface area contributed by atoms with Crippen LogP contribution in [0.25, 0.3) is 0 Å². The Balaban J connectivity index is 1.84. The van der Waals surface area contributed by atoms with Crippen molar-refractivity contribution >= 4 is 5.69 Å². The number of aromatic amines is 1. The predicted octanol–water partition coefficient (Wildman–Crippen LogP) is 3.57. The molecule has 0 spiro atoms. The fourth-order valence-corrected chi connectivity index (χ4v) is 2.44. The molecule has 0 bridgehead atoms. The molecule has 0 aliphatic rings. The van der Waals surface area contributed by atoms with Crippen molar-refractivity contribution < 1.29 is 0 Å². The first-order valence-electron chi connectivity index (χ1n) is 7.92. The van der Waals surface area contributed by atoms with Gasteiger partial charge in [0.15, 0.2) is 5.82 Å². The minimum absolute atomic E-state index is 0.704. The van der Waals surface area contributed by atoms with Gasteiger partial charge in [0.1, 0.15) is 0 Å². The number of nitrogens with one attached hydrogen (secondary N) is 1. The highest BCUT2D eigenvalue weighted by atomic mass is 15.5. The standard InChI is InChI=1S/C16H25N5/c1-2-3-4-5-6-10-13-21(14-16-17-19-20-18-16)15-11-8-7-9-12-15/h7-9,11-12H,2-6,10,13-14H2,1H3,(H,17,18,19,20). The van der Waals surface area contributed by atoms with Gasteiger partial charge < -0.3 is 4.90 Å². The lowest BCUT2D eigenvalue weighted by Crippen LogP contribution is -2.24. The molecule has 1 aromatic heterocycles. The van der Waals surface area contributed by atoms with E-state index in [0.717, 1.165) is 12.4 Å². The fourth-order valence-electron chi connectivity index (χ4n) is 2.44. The summed E-state index contributed by atoms with van der Waals surface area (Å²) in [6, 6.07) is 10.5. The van der Waals surface area contributed by atoms with Crippen LogP contribution in [0.5, 0.6) is 0 Å². The average molecular weight is 287 g/mol. The van der Waals surface area contributed by atoms with Crippen molar-refractivity contribution in [2.24, 2.45) is 0 Å². The van der Waals surface area contributed by atoms with E-state index in [9.17, 15) is 0 Å². The molecule has 2 aromatic rings. The average Bonchev–Trinajstić information content (AvgIpc) is 3.03. The molecule has 0 aliphatic carbocycles. The number of hydrogen-bond acceptors (Lipinski definition) is 4. The minimum Gasteiger partial charge on any atom is -0.364 e. The highest BCUT2D eigenvalue weighted by Gasteiger charge is 2.09. The number of tetrazole rings is 1. The predicted molar refractivity (Wildman–Crippen MR) is 85.0 cm³/mol. The number of nitrogens with zero attached hydrogens (tertiary/aromatic N) is 4. The summed E-state index contributed by atoms with van der Waals surface area (Å²) in [7, 11) is 0. The van der Waals surface area contributed by atoms with Crippen molar-refractivity contribution in [1.29, 1.82) is 0 Å². The van der Waals surface area contributed by atoms with Crippen molar-refractivity contribution in [3.8, 4) is 0 Å². The third kappa shape index (κ3) is 5.53. The van der Waals surface area contributed by atoms with Crippen LogP contribution in [-0.4, -0.2) is 27.2 Å². The molecule has 1 N–H and O–H groups in total. The quantitative estimate of drug-likeness (QED) is 0.679. The maximum absolute atomic E-state index is 4.06. The van der Waals surface area contributed by atoms with Crippen LogP contribution in [0.2, 0.25) is 0 Å². The topological polar surface area (TPSA) is 57.7 Å². The molecular weight excluding hydrogens is 262 g/mol. The maximum atomic E-state index is 4.06. The monoisotopic (exact) mass is 287 g/mol. The van der Waals surface area contributed by atoms with Gasteiger partial charge in [-0.15, -0.1) is 10.2 Å². The van der Waals surface area contributed by atoms with E-state index in [2.05, 4.69) is 56.7 Å². The molecule has 21 heavy (non-hydrogen) atoms. The lowest BCUT2D eigenvalue weighted by Gasteiger charge is -2.23. The van der Waals surface area contributed by atoms with Crippen LogP contribution in [0.1, 0.15) is 51.3 Å². The second-order valence-corrected chi connectivity index (χ2v) is 5.35. The molecule has 0 fully saturated rings. The number of hydrogen-bond donors (Lipinski definition) is 1. The molecule has 1 heterocycles. The van der Waals surface area contributed by atoms with Gasteiger partial charge in [-0.2, -0.15) is 5.21 Å². The Bertz CT molecular complexity index is 469. The summed E-state index contributed by atoms with van der Waals surface area (Å²) in [6.45, 7) is 3.99. The molecule has 0 radical (unpaired) electrons. The van der Waals surface area contributed by atoms with Gasteiger partial charge in [0.25, 0.3) is 0 Å². The highest BCUT2D eigenvalue weighted by molar-refractivity contribution is 5.45. The molecule has 114 valence electrons. The van der Waals surface area contributed by atoms with Gasteiger partial charge in [-0.1, -0.05) is 62.4 Å². The van der Waals surface area contributed by atoms with Crippen molar-refractivity contribution in [3.05, 3.63) is 36.2 Å². The summed E-state index contributed by atoms with van der Waals surface area (Å²) in [4.78, 5) is 2.32. The van der Waals surface area contributed by atoms with Crippen LogP contribution in [0.4, 0.5) is 5.69 Å². The van der Waals surface area contributed by atoms with Gasteiger partial charge in [0.05, 0.1) is 6.54 Å². The molecule has 0 aliphatic heterocycles. The Morgan fingerprint density at radius 2 is 1.76 bits per heavy atom. The van der Waals surface area contributed by atoms with Crippen LogP contribution in [0, 0.1) is 0 Å². The van der Waals surface area contributed by atoms with Crippen molar-refractivity contribution in [2.75, 3.05) is 11.4 Å². The molecular formula is C16H25N5. The van der Waals surface area contributed by atoms with E-state index in [1.54, 1.807) is 0 Å². The van der Waals surface area contributed by atoms with Crippen LogP contribution in [0.3, 0.4) is 0 Å².